The summed E-state index contributed by atoms with van der Waals surface area (Å²) in [6, 6.07) is 4.34. The van der Waals surface area contributed by atoms with Crippen molar-refractivity contribution in [3.8, 4) is 0 Å². The highest BCUT2D eigenvalue weighted by Gasteiger charge is 2.18. The first-order valence-electron chi connectivity index (χ1n) is 6.69. The van der Waals surface area contributed by atoms with Gasteiger partial charge in [-0.15, -0.1) is 11.3 Å². The molecule has 100 valence electrons. The van der Waals surface area contributed by atoms with Gasteiger partial charge in [-0.2, -0.15) is 0 Å². The largest absolute Gasteiger partial charge is 0.340 e. The van der Waals surface area contributed by atoms with Crippen LogP contribution in [0.1, 0.15) is 23.1 Å². The third kappa shape index (κ3) is 3.82. The molecule has 1 saturated heterocycles. The highest BCUT2D eigenvalue weighted by Crippen LogP contribution is 2.20. The van der Waals surface area contributed by atoms with E-state index in [0.29, 0.717) is 18.2 Å². The van der Waals surface area contributed by atoms with Crippen LogP contribution in [0, 0.1) is 12.8 Å². The van der Waals surface area contributed by atoms with Crippen LogP contribution in [0.25, 0.3) is 0 Å². The maximum atomic E-state index is 12.1. The van der Waals surface area contributed by atoms with E-state index in [-0.39, 0.29) is 0 Å². The summed E-state index contributed by atoms with van der Waals surface area (Å²) in [5.41, 5.74) is 0. The predicted molar refractivity (Wildman–Crippen MR) is 76.0 cm³/mol. The summed E-state index contributed by atoms with van der Waals surface area (Å²) in [5.74, 6) is 0.753. The number of hydrogen-bond acceptors (Lipinski definition) is 3. The molecule has 4 heteroatoms. The Hall–Kier alpha value is -0.870. The number of nitrogens with one attached hydrogen (secondary N) is 1. The van der Waals surface area contributed by atoms with Gasteiger partial charge in [-0.25, -0.2) is 0 Å². The minimum atomic E-state index is 0.317. The molecule has 1 amide bonds. The van der Waals surface area contributed by atoms with Crippen molar-refractivity contribution in [2.24, 2.45) is 5.92 Å². The summed E-state index contributed by atoms with van der Waals surface area (Å²) >= 11 is 1.84. The molecule has 0 saturated carbocycles. The summed E-state index contributed by atoms with van der Waals surface area (Å²) in [6.45, 7) is 7.90. The minimum Gasteiger partial charge on any atom is -0.340 e. The van der Waals surface area contributed by atoms with Crippen molar-refractivity contribution in [3.05, 3.63) is 21.9 Å². The maximum Gasteiger partial charge on any atom is 0.222 e. The predicted octanol–water partition coefficient (Wildman–Crippen LogP) is 2.06. The second-order valence-corrected chi connectivity index (χ2v) is 6.53. The monoisotopic (exact) mass is 266 g/mol. The molecule has 0 aliphatic carbocycles. The molecule has 3 nitrogen and oxygen atoms in total. The SMILES string of the molecule is Cc1ccc(CC(C)CC(=O)N2CCNCC2)s1. The lowest BCUT2D eigenvalue weighted by atomic mass is 10.0. The van der Waals surface area contributed by atoms with Gasteiger partial charge in [0.2, 0.25) is 5.91 Å². The van der Waals surface area contributed by atoms with Gasteiger partial charge in [0.05, 0.1) is 0 Å². The van der Waals surface area contributed by atoms with Crippen LogP contribution >= 0.6 is 11.3 Å². The molecule has 1 aliphatic heterocycles. The zero-order valence-corrected chi connectivity index (χ0v) is 12.1. The van der Waals surface area contributed by atoms with Gasteiger partial charge >= 0.3 is 0 Å². The Morgan fingerprint density at radius 3 is 2.78 bits per heavy atom. The van der Waals surface area contributed by atoms with E-state index in [4.69, 9.17) is 0 Å². The lowest BCUT2D eigenvalue weighted by molar-refractivity contribution is -0.132. The number of amides is 1. The summed E-state index contributed by atoms with van der Waals surface area (Å²) in [5, 5.41) is 3.27. The van der Waals surface area contributed by atoms with Crippen LogP contribution in [0.15, 0.2) is 12.1 Å². The molecule has 1 atom stereocenters. The number of hydrogen-bond donors (Lipinski definition) is 1. The number of thiophene rings is 1. The molecule has 0 radical (unpaired) electrons. The van der Waals surface area contributed by atoms with Gasteiger partial charge in [0.15, 0.2) is 0 Å². The van der Waals surface area contributed by atoms with E-state index in [0.717, 1.165) is 32.6 Å². The number of nitrogens with zero attached hydrogens (tertiary/aromatic N) is 1. The maximum absolute atomic E-state index is 12.1. The van der Waals surface area contributed by atoms with E-state index < -0.39 is 0 Å². The fraction of sp³-hybridized carbons (Fsp3) is 0.643. The minimum absolute atomic E-state index is 0.317. The Morgan fingerprint density at radius 1 is 1.44 bits per heavy atom. The van der Waals surface area contributed by atoms with Crippen molar-refractivity contribution in [1.29, 1.82) is 0 Å². The molecule has 1 N–H and O–H groups in total. The van der Waals surface area contributed by atoms with E-state index >= 15 is 0 Å². The molecule has 0 spiro atoms. The third-order valence-corrected chi connectivity index (χ3v) is 4.36. The first-order chi connectivity index (χ1) is 8.65. The smallest absolute Gasteiger partial charge is 0.222 e. The fourth-order valence-electron chi connectivity index (χ4n) is 2.35. The second kappa shape index (κ2) is 6.34. The summed E-state index contributed by atoms with van der Waals surface area (Å²) in [4.78, 5) is 16.8. The van der Waals surface area contributed by atoms with Gasteiger partial charge in [-0.3, -0.25) is 4.79 Å². The second-order valence-electron chi connectivity index (χ2n) is 5.16. The Balaban J connectivity index is 1.79. The van der Waals surface area contributed by atoms with Gasteiger partial charge < -0.3 is 10.2 Å². The molecule has 18 heavy (non-hydrogen) atoms. The quantitative estimate of drug-likeness (QED) is 0.904. The van der Waals surface area contributed by atoms with Crippen LogP contribution in [0.5, 0.6) is 0 Å². The first-order valence-corrected chi connectivity index (χ1v) is 7.50. The molecule has 1 aromatic heterocycles. The molecular weight excluding hydrogens is 244 g/mol. The standard InChI is InChI=1S/C14H22N2OS/c1-11(9-13-4-3-12(2)18-13)10-14(17)16-7-5-15-6-8-16/h3-4,11,15H,5-10H2,1-2H3. The molecule has 1 aliphatic rings. The third-order valence-electron chi connectivity index (χ3n) is 3.34. The van der Waals surface area contributed by atoms with E-state index in [9.17, 15) is 4.79 Å². The van der Waals surface area contributed by atoms with Crippen LogP contribution in [0.2, 0.25) is 0 Å². The van der Waals surface area contributed by atoms with E-state index in [1.165, 1.54) is 9.75 Å². The number of aryl methyl sites for hydroxylation is 1. The average molecular weight is 266 g/mol. The van der Waals surface area contributed by atoms with Gasteiger partial charge in [0, 0.05) is 42.4 Å². The molecular formula is C14H22N2OS. The highest BCUT2D eigenvalue weighted by molar-refractivity contribution is 7.11. The van der Waals surface area contributed by atoms with E-state index in [1.54, 1.807) is 0 Å². The number of piperazine rings is 1. The summed E-state index contributed by atoms with van der Waals surface area (Å²) in [7, 11) is 0. The zero-order valence-electron chi connectivity index (χ0n) is 11.2. The normalized spacial score (nSPS) is 17.8. The molecule has 1 unspecified atom stereocenters. The Morgan fingerprint density at radius 2 is 2.17 bits per heavy atom. The van der Waals surface area contributed by atoms with Gasteiger partial charge in [0.25, 0.3) is 0 Å². The molecule has 0 aromatic carbocycles. The van der Waals surface area contributed by atoms with Crippen LogP contribution in [0.3, 0.4) is 0 Å². The molecule has 1 fully saturated rings. The zero-order chi connectivity index (χ0) is 13.0. The molecule has 0 bridgehead atoms. The van der Waals surface area contributed by atoms with Crippen molar-refractivity contribution in [2.45, 2.75) is 26.7 Å². The Labute approximate surface area is 113 Å². The Kier molecular flexibility index (Phi) is 4.78. The van der Waals surface area contributed by atoms with Crippen LogP contribution in [-0.4, -0.2) is 37.0 Å². The average Bonchev–Trinajstić information content (AvgIpc) is 2.75. The van der Waals surface area contributed by atoms with Crippen molar-refractivity contribution in [2.75, 3.05) is 26.2 Å². The first kappa shape index (κ1) is 13.6. The molecule has 2 heterocycles. The lowest BCUT2D eigenvalue weighted by Gasteiger charge is -2.28. The van der Waals surface area contributed by atoms with Crippen LogP contribution in [0.4, 0.5) is 0 Å². The van der Waals surface area contributed by atoms with Crippen molar-refractivity contribution >= 4 is 17.2 Å². The number of carbonyl (C=O) groups excluding carboxylic acids is 1. The van der Waals surface area contributed by atoms with Crippen LogP contribution < -0.4 is 5.32 Å². The summed E-state index contributed by atoms with van der Waals surface area (Å²) < 4.78 is 0. The molecule has 1 aromatic rings. The van der Waals surface area contributed by atoms with Crippen molar-refractivity contribution in [1.82, 2.24) is 10.2 Å². The fourth-order valence-corrected chi connectivity index (χ4v) is 3.41. The van der Waals surface area contributed by atoms with Gasteiger partial charge in [-0.05, 0) is 31.4 Å². The van der Waals surface area contributed by atoms with Crippen molar-refractivity contribution < 1.29 is 4.79 Å². The van der Waals surface area contributed by atoms with Crippen molar-refractivity contribution in [3.63, 3.8) is 0 Å². The number of carbonyl (C=O) groups is 1. The molecule has 2 rings (SSSR count). The highest BCUT2D eigenvalue weighted by atomic mass is 32.1. The number of rotatable bonds is 4. The van der Waals surface area contributed by atoms with E-state index in [2.05, 4.69) is 31.3 Å². The lowest BCUT2D eigenvalue weighted by Crippen LogP contribution is -2.46. The van der Waals surface area contributed by atoms with Gasteiger partial charge in [0.1, 0.15) is 0 Å². The Bertz CT molecular complexity index is 396. The van der Waals surface area contributed by atoms with E-state index in [1.807, 2.05) is 16.2 Å². The summed E-state index contributed by atoms with van der Waals surface area (Å²) in [6.07, 6.45) is 1.70. The topological polar surface area (TPSA) is 32.3 Å². The van der Waals surface area contributed by atoms with Gasteiger partial charge in [-0.1, -0.05) is 6.92 Å². The van der Waals surface area contributed by atoms with Crippen LogP contribution in [-0.2, 0) is 11.2 Å².